The topological polar surface area (TPSA) is 72.9 Å². The second-order valence-corrected chi connectivity index (χ2v) is 4.34. The number of alkyl halides is 3. The van der Waals surface area contributed by atoms with Gasteiger partial charge in [0.2, 0.25) is 0 Å². The Kier molecular flexibility index (Phi) is 3.00. The van der Waals surface area contributed by atoms with E-state index in [0.717, 1.165) is 5.69 Å². The number of rotatable bonds is 3. The van der Waals surface area contributed by atoms with Crippen LogP contribution in [0.2, 0.25) is 0 Å². The lowest BCUT2D eigenvalue weighted by Crippen LogP contribution is -2.13. The predicted octanol–water partition coefficient (Wildman–Crippen LogP) is 1.49. The smallest absolute Gasteiger partial charge is 0.363 e. The summed E-state index contributed by atoms with van der Waals surface area (Å²) in [6.07, 6.45) is -2.83. The van der Waals surface area contributed by atoms with Gasteiger partial charge in [0.05, 0.1) is 12.2 Å². The van der Waals surface area contributed by atoms with Crippen LogP contribution < -0.4 is 5.32 Å². The van der Waals surface area contributed by atoms with Crippen LogP contribution in [0.25, 0.3) is 5.65 Å². The largest absolute Gasteiger partial charge is 0.453 e. The highest BCUT2D eigenvalue weighted by Crippen LogP contribution is 2.27. The SMILES string of the molecule is Cn1ccc(CNc2ccc3nnc(C(F)(F)F)n3n2)n1. The molecule has 0 atom stereocenters. The number of hydrogen-bond donors (Lipinski definition) is 1. The number of nitrogens with one attached hydrogen (secondary N) is 1. The van der Waals surface area contributed by atoms with Crippen molar-refractivity contribution < 1.29 is 13.2 Å². The molecule has 3 aromatic heterocycles. The number of anilines is 1. The quantitative estimate of drug-likeness (QED) is 0.793. The summed E-state index contributed by atoms with van der Waals surface area (Å²) in [4.78, 5) is 0. The summed E-state index contributed by atoms with van der Waals surface area (Å²) in [5.74, 6) is -0.877. The van der Waals surface area contributed by atoms with Gasteiger partial charge in [0, 0.05) is 13.2 Å². The highest BCUT2D eigenvalue weighted by Gasteiger charge is 2.37. The molecule has 0 aliphatic carbocycles. The monoisotopic (exact) mass is 297 g/mol. The normalized spacial score (nSPS) is 12.0. The zero-order valence-corrected chi connectivity index (χ0v) is 10.8. The van der Waals surface area contributed by atoms with Crippen LogP contribution >= 0.6 is 0 Å². The maximum Gasteiger partial charge on any atom is 0.453 e. The van der Waals surface area contributed by atoms with Crippen molar-refractivity contribution in [2.45, 2.75) is 12.7 Å². The zero-order chi connectivity index (χ0) is 15.0. The average Bonchev–Trinajstić information content (AvgIpc) is 3.01. The highest BCUT2D eigenvalue weighted by molar-refractivity contribution is 5.44. The molecule has 1 N–H and O–H groups in total. The third kappa shape index (κ3) is 2.64. The third-order valence-corrected chi connectivity index (χ3v) is 2.74. The molecule has 0 unspecified atom stereocenters. The molecule has 0 bridgehead atoms. The fourth-order valence-electron chi connectivity index (χ4n) is 1.80. The molecule has 0 aromatic carbocycles. The highest BCUT2D eigenvalue weighted by atomic mass is 19.4. The first-order valence-corrected chi connectivity index (χ1v) is 5.95. The van der Waals surface area contributed by atoms with E-state index < -0.39 is 12.0 Å². The predicted molar refractivity (Wildman–Crippen MR) is 66.3 cm³/mol. The Bertz CT molecular complexity index is 774. The van der Waals surface area contributed by atoms with Gasteiger partial charge in [0.25, 0.3) is 5.82 Å². The molecule has 0 radical (unpaired) electrons. The lowest BCUT2D eigenvalue weighted by Gasteiger charge is -2.06. The number of hydrogen-bond acceptors (Lipinski definition) is 5. The molecule has 0 aliphatic rings. The molecule has 0 saturated carbocycles. The number of aromatic nitrogens is 6. The second-order valence-electron chi connectivity index (χ2n) is 4.34. The van der Waals surface area contributed by atoms with E-state index in [0.29, 0.717) is 11.1 Å². The Balaban J connectivity index is 1.86. The fourth-order valence-corrected chi connectivity index (χ4v) is 1.80. The zero-order valence-electron chi connectivity index (χ0n) is 10.8. The van der Waals surface area contributed by atoms with Crippen LogP contribution in [0.3, 0.4) is 0 Å². The Labute approximate surface area is 116 Å². The van der Waals surface area contributed by atoms with Crippen molar-refractivity contribution in [3.05, 3.63) is 35.9 Å². The van der Waals surface area contributed by atoms with Gasteiger partial charge in [-0.05, 0) is 18.2 Å². The lowest BCUT2D eigenvalue weighted by atomic mass is 10.4. The van der Waals surface area contributed by atoms with E-state index in [-0.39, 0.29) is 11.5 Å². The Morgan fingerprint density at radius 3 is 2.62 bits per heavy atom. The van der Waals surface area contributed by atoms with Crippen LogP contribution in [0, 0.1) is 0 Å². The van der Waals surface area contributed by atoms with Crippen LogP contribution in [0.5, 0.6) is 0 Å². The van der Waals surface area contributed by atoms with Crippen LogP contribution in [-0.2, 0) is 19.8 Å². The molecule has 0 fully saturated rings. The first-order valence-electron chi connectivity index (χ1n) is 5.95. The van der Waals surface area contributed by atoms with Gasteiger partial charge in [-0.2, -0.15) is 22.8 Å². The number of nitrogens with zero attached hydrogens (tertiary/aromatic N) is 6. The summed E-state index contributed by atoms with van der Waals surface area (Å²) < 4.78 is 40.5. The van der Waals surface area contributed by atoms with Crippen molar-refractivity contribution in [1.29, 1.82) is 0 Å². The van der Waals surface area contributed by atoms with Crippen LogP contribution in [0.15, 0.2) is 24.4 Å². The standard InChI is InChI=1S/C11H10F3N7/c1-20-5-4-7(18-20)6-15-8-2-3-9-16-17-10(11(12,13)14)21(9)19-8/h2-5H,6H2,1H3,(H,15,19). The summed E-state index contributed by atoms with van der Waals surface area (Å²) in [5, 5.41) is 17.4. The van der Waals surface area contributed by atoms with Gasteiger partial charge in [-0.25, -0.2) is 0 Å². The maximum atomic E-state index is 12.7. The third-order valence-electron chi connectivity index (χ3n) is 2.74. The van der Waals surface area contributed by atoms with Crippen LogP contribution in [0.4, 0.5) is 19.0 Å². The molecule has 3 heterocycles. The van der Waals surface area contributed by atoms with E-state index in [1.54, 1.807) is 24.0 Å². The Morgan fingerprint density at radius 2 is 1.95 bits per heavy atom. The minimum Gasteiger partial charge on any atom is -0.363 e. The van der Waals surface area contributed by atoms with E-state index in [1.807, 2.05) is 0 Å². The molecule has 3 aromatic rings. The van der Waals surface area contributed by atoms with Crippen LogP contribution in [0.1, 0.15) is 11.5 Å². The second kappa shape index (κ2) is 4.72. The van der Waals surface area contributed by atoms with Gasteiger partial charge in [0.1, 0.15) is 5.82 Å². The van der Waals surface area contributed by atoms with E-state index >= 15 is 0 Å². The summed E-state index contributed by atoms with van der Waals surface area (Å²) in [5.41, 5.74) is 0.782. The molecule has 21 heavy (non-hydrogen) atoms. The van der Waals surface area contributed by atoms with E-state index in [1.165, 1.54) is 12.1 Å². The average molecular weight is 297 g/mol. The van der Waals surface area contributed by atoms with Crippen molar-refractivity contribution in [3.8, 4) is 0 Å². The molecule has 0 spiro atoms. The number of aryl methyl sites for hydroxylation is 1. The summed E-state index contributed by atoms with van der Waals surface area (Å²) in [6, 6.07) is 4.74. The van der Waals surface area contributed by atoms with Crippen molar-refractivity contribution in [3.63, 3.8) is 0 Å². The lowest BCUT2D eigenvalue weighted by molar-refractivity contribution is -0.146. The first-order chi connectivity index (χ1) is 9.93. The molecule has 110 valence electrons. The van der Waals surface area contributed by atoms with Crippen molar-refractivity contribution in [1.82, 2.24) is 29.6 Å². The van der Waals surface area contributed by atoms with Crippen LogP contribution in [-0.4, -0.2) is 29.6 Å². The van der Waals surface area contributed by atoms with Gasteiger partial charge in [0.15, 0.2) is 5.65 Å². The molecule has 0 aliphatic heterocycles. The number of fused-ring (bicyclic) bond motifs is 1. The molecule has 10 heteroatoms. The molecular weight excluding hydrogens is 287 g/mol. The first kappa shape index (κ1) is 13.3. The molecule has 0 saturated heterocycles. The molecule has 0 amide bonds. The van der Waals surface area contributed by atoms with Gasteiger partial charge in [-0.3, -0.25) is 4.68 Å². The summed E-state index contributed by atoms with van der Waals surface area (Å²) in [6.45, 7) is 0.350. The van der Waals surface area contributed by atoms with Gasteiger partial charge in [-0.1, -0.05) is 0 Å². The van der Waals surface area contributed by atoms with Crippen molar-refractivity contribution >= 4 is 11.5 Å². The van der Waals surface area contributed by atoms with Gasteiger partial charge < -0.3 is 5.32 Å². The summed E-state index contributed by atoms with van der Waals surface area (Å²) in [7, 11) is 1.78. The Hall–Kier alpha value is -2.65. The minimum atomic E-state index is -4.61. The number of halogens is 3. The minimum absolute atomic E-state index is 0.0331. The Morgan fingerprint density at radius 1 is 1.14 bits per heavy atom. The summed E-state index contributed by atoms with van der Waals surface area (Å²) >= 11 is 0. The molecule has 3 rings (SSSR count). The van der Waals surface area contributed by atoms with E-state index in [4.69, 9.17) is 0 Å². The van der Waals surface area contributed by atoms with E-state index in [9.17, 15) is 13.2 Å². The fraction of sp³-hybridized carbons (Fsp3) is 0.273. The van der Waals surface area contributed by atoms with Crippen molar-refractivity contribution in [2.75, 3.05) is 5.32 Å². The molecule has 7 nitrogen and oxygen atoms in total. The maximum absolute atomic E-state index is 12.7. The molecular formula is C11H10F3N7. The van der Waals surface area contributed by atoms with Gasteiger partial charge >= 0.3 is 6.18 Å². The van der Waals surface area contributed by atoms with Gasteiger partial charge in [-0.15, -0.1) is 15.3 Å². The van der Waals surface area contributed by atoms with E-state index in [2.05, 4.69) is 25.7 Å². The van der Waals surface area contributed by atoms with Crippen molar-refractivity contribution in [2.24, 2.45) is 7.05 Å².